The largest absolute Gasteiger partial charge is 0.456 e. The fourth-order valence-corrected chi connectivity index (χ4v) is 1.96. The number of nitrogens with zero attached hydrogens (tertiary/aromatic N) is 2. The molecule has 0 heterocycles. The number of nitriles is 2. The van der Waals surface area contributed by atoms with E-state index < -0.39 is 0 Å². The number of carbonyl (C=O) groups excluding carboxylic acids is 1. The van der Waals surface area contributed by atoms with Crippen LogP contribution in [0.3, 0.4) is 0 Å². The van der Waals surface area contributed by atoms with Gasteiger partial charge in [-0.25, -0.2) is 4.79 Å². The zero-order chi connectivity index (χ0) is 17.4. The topological polar surface area (TPSA) is 97.9 Å². The Balaban J connectivity index is 1.97. The summed E-state index contributed by atoms with van der Waals surface area (Å²) in [5, 5.41) is 23.0. The van der Waals surface area contributed by atoms with E-state index in [0.29, 0.717) is 22.7 Å². The van der Waals surface area contributed by atoms with Crippen molar-refractivity contribution in [1.82, 2.24) is 5.32 Å². The Bertz CT molecular complexity index is 788. The van der Waals surface area contributed by atoms with Gasteiger partial charge in [0.05, 0.1) is 18.1 Å². The molecule has 0 fully saturated rings. The molecule has 0 aromatic heterocycles. The molecule has 2 amide bonds. The number of amides is 2. The van der Waals surface area contributed by atoms with Gasteiger partial charge in [-0.2, -0.15) is 10.5 Å². The average Bonchev–Trinajstić information content (AvgIpc) is 2.57. The van der Waals surface area contributed by atoms with Gasteiger partial charge in [0.15, 0.2) is 0 Å². The minimum Gasteiger partial charge on any atom is -0.456 e. The quantitative estimate of drug-likeness (QED) is 0.876. The van der Waals surface area contributed by atoms with E-state index in [2.05, 4.69) is 16.7 Å². The van der Waals surface area contributed by atoms with Crippen LogP contribution in [0.25, 0.3) is 0 Å². The number of ether oxygens (including phenoxy) is 1. The van der Waals surface area contributed by atoms with E-state index in [1.54, 1.807) is 55.5 Å². The number of nitrogens with one attached hydrogen (secondary N) is 2. The highest BCUT2D eigenvalue weighted by atomic mass is 16.5. The first-order chi connectivity index (χ1) is 11.6. The van der Waals surface area contributed by atoms with Crippen molar-refractivity contribution in [2.45, 2.75) is 19.4 Å². The number of carbonyl (C=O) groups is 1. The van der Waals surface area contributed by atoms with Gasteiger partial charge in [0.1, 0.15) is 17.6 Å². The molecule has 6 heteroatoms. The Hall–Kier alpha value is -3.51. The van der Waals surface area contributed by atoms with Gasteiger partial charge >= 0.3 is 6.03 Å². The third-order valence-electron chi connectivity index (χ3n) is 3.12. The lowest BCUT2D eigenvalue weighted by Gasteiger charge is -2.12. The third kappa shape index (κ3) is 4.75. The molecular weight excluding hydrogens is 304 g/mol. The molecule has 0 saturated heterocycles. The third-order valence-corrected chi connectivity index (χ3v) is 3.12. The standard InChI is InChI=1S/C18H16N4O2/c1-13(10-11-19)21-18(23)22-15-6-8-16(9-7-15)24-17-5-3-2-4-14(17)12-20/h2-9,13H,10H2,1H3,(H2,21,22,23). The second kappa shape index (κ2) is 8.21. The van der Waals surface area contributed by atoms with Crippen LogP contribution in [0.5, 0.6) is 11.5 Å². The smallest absolute Gasteiger partial charge is 0.319 e. The molecule has 0 aliphatic heterocycles. The molecule has 0 aliphatic rings. The Morgan fingerprint density at radius 1 is 1.17 bits per heavy atom. The minimum absolute atomic E-state index is 0.222. The summed E-state index contributed by atoms with van der Waals surface area (Å²) in [4.78, 5) is 11.8. The van der Waals surface area contributed by atoms with E-state index in [-0.39, 0.29) is 18.5 Å². The second-order valence-electron chi connectivity index (χ2n) is 5.10. The zero-order valence-corrected chi connectivity index (χ0v) is 13.1. The molecule has 0 saturated carbocycles. The monoisotopic (exact) mass is 320 g/mol. The highest BCUT2D eigenvalue weighted by Gasteiger charge is 2.07. The van der Waals surface area contributed by atoms with Crippen LogP contribution in [0.15, 0.2) is 48.5 Å². The van der Waals surface area contributed by atoms with Crippen LogP contribution in [-0.2, 0) is 0 Å². The number of hydrogen-bond donors (Lipinski definition) is 2. The second-order valence-corrected chi connectivity index (χ2v) is 5.10. The lowest BCUT2D eigenvalue weighted by molar-refractivity contribution is 0.249. The summed E-state index contributed by atoms with van der Waals surface area (Å²) in [7, 11) is 0. The van der Waals surface area contributed by atoms with Gasteiger partial charge in [-0.15, -0.1) is 0 Å². The molecule has 1 unspecified atom stereocenters. The fraction of sp³-hybridized carbons (Fsp3) is 0.167. The summed E-state index contributed by atoms with van der Waals surface area (Å²) < 4.78 is 5.67. The molecule has 0 aliphatic carbocycles. The van der Waals surface area contributed by atoms with Crippen LogP contribution in [0, 0.1) is 22.7 Å². The zero-order valence-electron chi connectivity index (χ0n) is 13.1. The predicted molar refractivity (Wildman–Crippen MR) is 89.5 cm³/mol. The van der Waals surface area contributed by atoms with Gasteiger partial charge in [-0.3, -0.25) is 0 Å². The molecule has 2 rings (SSSR count). The summed E-state index contributed by atoms with van der Waals surface area (Å²) in [5.74, 6) is 1.03. The summed E-state index contributed by atoms with van der Waals surface area (Å²) in [6.07, 6.45) is 0.249. The molecule has 24 heavy (non-hydrogen) atoms. The van der Waals surface area contributed by atoms with Gasteiger partial charge < -0.3 is 15.4 Å². The number of urea groups is 1. The van der Waals surface area contributed by atoms with Crippen LogP contribution in [0.1, 0.15) is 18.9 Å². The van der Waals surface area contributed by atoms with E-state index >= 15 is 0 Å². The first-order valence-corrected chi connectivity index (χ1v) is 7.34. The molecule has 0 bridgehead atoms. The van der Waals surface area contributed by atoms with Crippen LogP contribution < -0.4 is 15.4 Å². The van der Waals surface area contributed by atoms with Crippen molar-refractivity contribution in [2.24, 2.45) is 0 Å². The van der Waals surface area contributed by atoms with Gasteiger partial charge in [0.25, 0.3) is 0 Å². The van der Waals surface area contributed by atoms with Crippen molar-refractivity contribution >= 4 is 11.7 Å². The SMILES string of the molecule is CC(CC#N)NC(=O)Nc1ccc(Oc2ccccc2C#N)cc1. The number of hydrogen-bond acceptors (Lipinski definition) is 4. The highest BCUT2D eigenvalue weighted by Crippen LogP contribution is 2.25. The number of para-hydroxylation sites is 1. The van der Waals surface area contributed by atoms with Crippen LogP contribution in [-0.4, -0.2) is 12.1 Å². The molecular formula is C18H16N4O2. The fourth-order valence-electron chi connectivity index (χ4n) is 1.96. The van der Waals surface area contributed by atoms with Gasteiger partial charge in [-0.05, 0) is 43.3 Å². The van der Waals surface area contributed by atoms with E-state index in [1.807, 2.05) is 6.07 Å². The van der Waals surface area contributed by atoms with Crippen LogP contribution in [0.2, 0.25) is 0 Å². The molecule has 0 spiro atoms. The Labute approximate surface area is 140 Å². The maximum Gasteiger partial charge on any atom is 0.319 e. The van der Waals surface area contributed by atoms with E-state index in [1.165, 1.54) is 0 Å². The van der Waals surface area contributed by atoms with Crippen LogP contribution >= 0.6 is 0 Å². The normalized spacial score (nSPS) is 10.8. The van der Waals surface area contributed by atoms with Crippen molar-refractivity contribution in [2.75, 3.05) is 5.32 Å². The molecule has 2 N–H and O–H groups in total. The molecule has 2 aromatic rings. The molecule has 2 aromatic carbocycles. The summed E-state index contributed by atoms with van der Waals surface area (Å²) in [6.45, 7) is 1.76. The molecule has 120 valence electrons. The molecule has 1 atom stereocenters. The Morgan fingerprint density at radius 3 is 2.54 bits per heavy atom. The first kappa shape index (κ1) is 16.9. The Morgan fingerprint density at radius 2 is 1.88 bits per heavy atom. The predicted octanol–water partition coefficient (Wildman–Crippen LogP) is 3.77. The van der Waals surface area contributed by atoms with Crippen molar-refractivity contribution < 1.29 is 9.53 Å². The van der Waals surface area contributed by atoms with Gasteiger partial charge in [0, 0.05) is 11.7 Å². The van der Waals surface area contributed by atoms with Crippen LogP contribution in [0.4, 0.5) is 10.5 Å². The summed E-state index contributed by atoms with van der Waals surface area (Å²) in [5.41, 5.74) is 1.04. The maximum atomic E-state index is 11.8. The van der Waals surface area contributed by atoms with Gasteiger partial charge in [-0.1, -0.05) is 12.1 Å². The Kier molecular flexibility index (Phi) is 5.76. The summed E-state index contributed by atoms with van der Waals surface area (Å²) in [6, 6.07) is 17.2. The van der Waals surface area contributed by atoms with Crippen molar-refractivity contribution in [3.8, 4) is 23.6 Å². The minimum atomic E-state index is -0.374. The number of rotatable bonds is 5. The molecule has 6 nitrogen and oxygen atoms in total. The van der Waals surface area contributed by atoms with Gasteiger partial charge in [0.2, 0.25) is 0 Å². The maximum absolute atomic E-state index is 11.8. The molecule has 0 radical (unpaired) electrons. The highest BCUT2D eigenvalue weighted by molar-refractivity contribution is 5.89. The number of benzene rings is 2. The van der Waals surface area contributed by atoms with Crippen molar-refractivity contribution in [1.29, 1.82) is 10.5 Å². The van der Waals surface area contributed by atoms with Crippen molar-refractivity contribution in [3.63, 3.8) is 0 Å². The first-order valence-electron chi connectivity index (χ1n) is 7.34. The lowest BCUT2D eigenvalue weighted by atomic mass is 10.2. The van der Waals surface area contributed by atoms with E-state index in [9.17, 15) is 4.79 Å². The lowest BCUT2D eigenvalue weighted by Crippen LogP contribution is -2.35. The van der Waals surface area contributed by atoms with E-state index in [4.69, 9.17) is 15.3 Å². The van der Waals surface area contributed by atoms with E-state index in [0.717, 1.165) is 0 Å². The number of anilines is 1. The summed E-state index contributed by atoms with van der Waals surface area (Å²) >= 11 is 0. The van der Waals surface area contributed by atoms with Crippen molar-refractivity contribution in [3.05, 3.63) is 54.1 Å². The average molecular weight is 320 g/mol.